The van der Waals surface area contributed by atoms with Gasteiger partial charge in [-0.1, -0.05) is 38.5 Å². The van der Waals surface area contributed by atoms with Gasteiger partial charge in [-0.05, 0) is 26.0 Å². The van der Waals surface area contributed by atoms with Crippen molar-refractivity contribution in [2.45, 2.75) is 51.3 Å². The van der Waals surface area contributed by atoms with Crippen LogP contribution in [-0.2, 0) is 19.6 Å². The first-order chi connectivity index (χ1) is 10.0. The molecule has 5 nitrogen and oxygen atoms in total. The zero-order valence-electron chi connectivity index (χ0n) is 13.7. The van der Waals surface area contributed by atoms with Crippen LogP contribution in [0.5, 0.6) is 0 Å². The molecule has 0 bridgehead atoms. The highest BCUT2D eigenvalue weighted by Gasteiger charge is 2.54. The summed E-state index contributed by atoms with van der Waals surface area (Å²) in [4.78, 5) is 11.7. The van der Waals surface area contributed by atoms with E-state index < -0.39 is 27.2 Å². The van der Waals surface area contributed by atoms with Crippen LogP contribution in [0, 0.1) is 12.3 Å². The van der Waals surface area contributed by atoms with Crippen LogP contribution in [0.15, 0.2) is 29.2 Å². The summed E-state index contributed by atoms with van der Waals surface area (Å²) in [5.74, 6) is 0. The van der Waals surface area contributed by atoms with Crippen molar-refractivity contribution in [3.63, 3.8) is 0 Å². The molecule has 0 amide bonds. The summed E-state index contributed by atoms with van der Waals surface area (Å²) in [6, 6.07) is 6.62. The zero-order valence-corrected chi connectivity index (χ0v) is 14.5. The van der Waals surface area contributed by atoms with Crippen molar-refractivity contribution >= 4 is 16.3 Å². The van der Waals surface area contributed by atoms with Gasteiger partial charge in [-0.2, -0.15) is 4.31 Å². The van der Waals surface area contributed by atoms with E-state index in [4.69, 9.17) is 4.74 Å². The van der Waals surface area contributed by atoms with E-state index in [1.165, 1.54) is 4.31 Å². The summed E-state index contributed by atoms with van der Waals surface area (Å²) in [7, 11) is -3.83. The fourth-order valence-corrected chi connectivity index (χ4v) is 4.54. The lowest BCUT2D eigenvalue weighted by Gasteiger charge is -2.37. The molecule has 1 aliphatic heterocycles. The predicted octanol–water partition coefficient (Wildman–Crippen LogP) is 2.35. The van der Waals surface area contributed by atoms with E-state index in [9.17, 15) is 13.2 Å². The van der Waals surface area contributed by atoms with Gasteiger partial charge in [0.25, 0.3) is 0 Å². The molecule has 122 valence electrons. The van der Waals surface area contributed by atoms with E-state index in [-0.39, 0.29) is 11.5 Å². The number of benzene rings is 1. The van der Waals surface area contributed by atoms with E-state index in [0.29, 0.717) is 6.29 Å². The maximum absolute atomic E-state index is 13.1. The van der Waals surface area contributed by atoms with Crippen molar-refractivity contribution in [2.24, 2.45) is 5.41 Å². The Hall–Kier alpha value is -1.24. The highest BCUT2D eigenvalue weighted by molar-refractivity contribution is 7.89. The molecule has 1 fully saturated rings. The molecule has 0 N–H and O–H groups in total. The molecule has 1 heterocycles. The molecule has 22 heavy (non-hydrogen) atoms. The number of carbonyl (C=O) groups is 1. The Morgan fingerprint density at radius 2 is 1.82 bits per heavy atom. The molecular weight excluding hydrogens is 302 g/mol. The fourth-order valence-electron chi connectivity index (χ4n) is 2.56. The third-order valence-electron chi connectivity index (χ3n) is 3.82. The van der Waals surface area contributed by atoms with Crippen LogP contribution in [0.25, 0.3) is 0 Å². The summed E-state index contributed by atoms with van der Waals surface area (Å²) in [6.07, 6.45) is -0.0289. The van der Waals surface area contributed by atoms with Crippen LogP contribution >= 0.6 is 0 Å². The lowest BCUT2D eigenvalue weighted by atomic mass is 9.93. The Morgan fingerprint density at radius 1 is 1.27 bits per heavy atom. The molecule has 6 heteroatoms. The summed E-state index contributed by atoms with van der Waals surface area (Å²) in [6.45, 7) is 9.23. The summed E-state index contributed by atoms with van der Waals surface area (Å²) in [5.41, 5.74) is -0.664. The first kappa shape index (κ1) is 17.1. The molecule has 1 saturated heterocycles. The highest BCUT2D eigenvalue weighted by Crippen LogP contribution is 2.40. The third kappa shape index (κ3) is 2.83. The van der Waals surface area contributed by atoms with Crippen molar-refractivity contribution < 1.29 is 17.9 Å². The third-order valence-corrected chi connectivity index (χ3v) is 5.82. The monoisotopic (exact) mass is 325 g/mol. The molecule has 0 saturated carbocycles. The molecule has 0 aliphatic carbocycles. The topological polar surface area (TPSA) is 63.7 Å². The largest absolute Gasteiger partial charge is 0.359 e. The van der Waals surface area contributed by atoms with Crippen LogP contribution in [0.3, 0.4) is 0 Å². The lowest BCUT2D eigenvalue weighted by Crippen LogP contribution is -2.54. The number of aldehydes is 1. The Bertz CT molecular complexity index is 660. The SMILES string of the molecule is Cc1ccc(S(=O)(=O)N2[C@@H](C(C)(C)C)OC[C@]2(C)C=O)cc1. The average molecular weight is 325 g/mol. The summed E-state index contributed by atoms with van der Waals surface area (Å²) in [5, 5.41) is 0. The second-order valence-electron chi connectivity index (χ2n) is 7.12. The number of hydrogen-bond acceptors (Lipinski definition) is 4. The molecule has 0 aromatic heterocycles. The molecular formula is C16H23NO4S. The standard InChI is InChI=1S/C16H23NO4S/c1-12-6-8-13(9-7-12)22(19,20)17-14(15(2,3)4)21-11-16(17,5)10-18/h6-10,14H,11H2,1-5H3/t14-,16+/m1/s1. The number of rotatable bonds is 3. The Balaban J connectivity index is 2.57. The van der Waals surface area contributed by atoms with Gasteiger partial charge in [-0.25, -0.2) is 8.42 Å². The molecule has 2 rings (SSSR count). The van der Waals surface area contributed by atoms with Gasteiger partial charge in [0.15, 0.2) is 0 Å². The first-order valence-electron chi connectivity index (χ1n) is 7.21. The maximum Gasteiger partial charge on any atom is 0.246 e. The van der Waals surface area contributed by atoms with Crippen molar-refractivity contribution in [3.05, 3.63) is 29.8 Å². The van der Waals surface area contributed by atoms with Crippen LogP contribution in [0.4, 0.5) is 0 Å². The normalized spacial score (nSPS) is 27.0. The molecule has 0 unspecified atom stereocenters. The van der Waals surface area contributed by atoms with Crippen LogP contribution in [-0.4, -0.2) is 37.4 Å². The Kier molecular flexibility index (Phi) is 4.23. The van der Waals surface area contributed by atoms with Crippen LogP contribution in [0.2, 0.25) is 0 Å². The Morgan fingerprint density at radius 3 is 2.27 bits per heavy atom. The van der Waals surface area contributed by atoms with Gasteiger partial charge >= 0.3 is 0 Å². The Labute approximate surface area is 132 Å². The second kappa shape index (κ2) is 5.44. The van der Waals surface area contributed by atoms with E-state index in [1.807, 2.05) is 27.7 Å². The van der Waals surface area contributed by atoms with Crippen LogP contribution in [0.1, 0.15) is 33.3 Å². The fraction of sp³-hybridized carbons (Fsp3) is 0.562. The lowest BCUT2D eigenvalue weighted by molar-refractivity contribution is -0.114. The summed E-state index contributed by atoms with van der Waals surface area (Å²) >= 11 is 0. The maximum atomic E-state index is 13.1. The molecule has 2 atom stereocenters. The van der Waals surface area contributed by atoms with E-state index in [1.54, 1.807) is 31.2 Å². The van der Waals surface area contributed by atoms with E-state index in [0.717, 1.165) is 5.56 Å². The average Bonchev–Trinajstić information content (AvgIpc) is 2.78. The molecule has 1 aliphatic rings. The number of aryl methyl sites for hydroxylation is 1. The van der Waals surface area contributed by atoms with Gasteiger partial charge in [0.1, 0.15) is 18.1 Å². The van der Waals surface area contributed by atoms with E-state index in [2.05, 4.69) is 0 Å². The number of ether oxygens (including phenoxy) is 1. The smallest absolute Gasteiger partial charge is 0.246 e. The molecule has 1 aromatic rings. The van der Waals surface area contributed by atoms with Gasteiger partial charge in [0.05, 0.1) is 11.5 Å². The van der Waals surface area contributed by atoms with E-state index >= 15 is 0 Å². The zero-order chi connectivity index (χ0) is 16.8. The number of nitrogens with zero attached hydrogens (tertiary/aromatic N) is 1. The van der Waals surface area contributed by atoms with Crippen molar-refractivity contribution in [3.8, 4) is 0 Å². The number of sulfonamides is 1. The van der Waals surface area contributed by atoms with Gasteiger partial charge in [-0.15, -0.1) is 0 Å². The quantitative estimate of drug-likeness (QED) is 0.800. The van der Waals surface area contributed by atoms with Crippen molar-refractivity contribution in [1.29, 1.82) is 0 Å². The molecule has 0 spiro atoms. The number of hydrogen-bond donors (Lipinski definition) is 0. The first-order valence-corrected chi connectivity index (χ1v) is 8.65. The predicted molar refractivity (Wildman–Crippen MR) is 83.9 cm³/mol. The minimum atomic E-state index is -3.83. The highest BCUT2D eigenvalue weighted by atomic mass is 32.2. The van der Waals surface area contributed by atoms with Gasteiger partial charge in [0, 0.05) is 5.41 Å². The number of carbonyl (C=O) groups excluding carboxylic acids is 1. The second-order valence-corrected chi connectivity index (χ2v) is 8.93. The van der Waals surface area contributed by atoms with Crippen LogP contribution < -0.4 is 0 Å². The van der Waals surface area contributed by atoms with Gasteiger partial charge in [-0.3, -0.25) is 0 Å². The summed E-state index contributed by atoms with van der Waals surface area (Å²) < 4.78 is 33.0. The van der Waals surface area contributed by atoms with Crippen molar-refractivity contribution in [2.75, 3.05) is 6.61 Å². The van der Waals surface area contributed by atoms with Crippen molar-refractivity contribution in [1.82, 2.24) is 4.31 Å². The molecule has 0 radical (unpaired) electrons. The van der Waals surface area contributed by atoms with Gasteiger partial charge < -0.3 is 9.53 Å². The minimum absolute atomic E-state index is 0.0591. The minimum Gasteiger partial charge on any atom is -0.359 e. The van der Waals surface area contributed by atoms with Gasteiger partial charge in [0.2, 0.25) is 10.0 Å². The molecule has 1 aromatic carbocycles.